The Morgan fingerprint density at radius 1 is 1.53 bits per heavy atom. The number of nitrogens with one attached hydrogen (secondary N) is 2. The maximum atomic E-state index is 11.3. The van der Waals surface area contributed by atoms with E-state index in [0.717, 1.165) is 25.1 Å². The summed E-state index contributed by atoms with van der Waals surface area (Å²) in [5.41, 5.74) is 0. The molecule has 0 fully saturated rings. The first-order chi connectivity index (χ1) is 7.33. The molecule has 1 aromatic rings. The highest BCUT2D eigenvalue weighted by atomic mass is 16.1. The number of H-pyrrole nitrogens is 1. The third-order valence-electron chi connectivity index (χ3n) is 2.16. The summed E-state index contributed by atoms with van der Waals surface area (Å²) in [4.78, 5) is 15.3. The van der Waals surface area contributed by atoms with Crippen molar-refractivity contribution in [1.82, 2.24) is 20.5 Å². The van der Waals surface area contributed by atoms with Gasteiger partial charge in [-0.15, -0.1) is 0 Å². The fourth-order valence-electron chi connectivity index (χ4n) is 1.30. The number of nitrogens with zero attached hydrogens (tertiary/aromatic N) is 2. The van der Waals surface area contributed by atoms with E-state index in [1.807, 2.05) is 0 Å². The molecule has 0 aromatic carbocycles. The average Bonchev–Trinajstić information content (AvgIpc) is 2.71. The van der Waals surface area contributed by atoms with E-state index in [2.05, 4.69) is 27.4 Å². The quantitative estimate of drug-likeness (QED) is 0.661. The molecule has 0 bridgehead atoms. The summed E-state index contributed by atoms with van der Waals surface area (Å²) in [5, 5.41) is 9.34. The van der Waals surface area contributed by atoms with Gasteiger partial charge in [0, 0.05) is 19.4 Å². The van der Waals surface area contributed by atoms with Crippen molar-refractivity contribution in [3.8, 4) is 0 Å². The second-order valence-corrected chi connectivity index (χ2v) is 3.49. The molecule has 0 radical (unpaired) electrons. The van der Waals surface area contributed by atoms with Crippen LogP contribution in [0.2, 0.25) is 0 Å². The van der Waals surface area contributed by atoms with Crippen LogP contribution in [-0.4, -0.2) is 27.6 Å². The Balaban J connectivity index is 2.02. The monoisotopic (exact) mass is 210 g/mol. The van der Waals surface area contributed by atoms with Gasteiger partial charge >= 0.3 is 0 Å². The number of hydrogen-bond acceptors (Lipinski definition) is 3. The number of aromatic amines is 1. The first kappa shape index (κ1) is 11.7. The molecule has 1 amide bonds. The lowest BCUT2D eigenvalue weighted by molar-refractivity contribution is -0.121. The molecule has 1 rings (SSSR count). The third-order valence-corrected chi connectivity index (χ3v) is 2.16. The first-order valence-corrected chi connectivity index (χ1v) is 5.44. The number of carbonyl (C=O) groups is 1. The molecule has 15 heavy (non-hydrogen) atoms. The zero-order chi connectivity index (χ0) is 10.9. The molecular weight excluding hydrogens is 192 g/mol. The standard InChI is InChI=1S/C10H18N4O/c1-2-3-4-5-10(15)11-7-6-9-12-8-13-14-9/h8H,2-7H2,1H3,(H,11,15)(H,12,13,14). The summed E-state index contributed by atoms with van der Waals surface area (Å²) in [6.07, 6.45) is 6.05. The minimum atomic E-state index is 0.128. The van der Waals surface area contributed by atoms with Crippen LogP contribution in [0.5, 0.6) is 0 Å². The first-order valence-electron chi connectivity index (χ1n) is 5.44. The van der Waals surface area contributed by atoms with Crippen molar-refractivity contribution in [3.05, 3.63) is 12.2 Å². The lowest BCUT2D eigenvalue weighted by Gasteiger charge is -2.02. The summed E-state index contributed by atoms with van der Waals surface area (Å²) in [7, 11) is 0. The minimum absolute atomic E-state index is 0.128. The molecule has 0 aliphatic carbocycles. The summed E-state index contributed by atoms with van der Waals surface area (Å²) >= 11 is 0. The van der Waals surface area contributed by atoms with Crippen molar-refractivity contribution in [2.75, 3.05) is 6.54 Å². The Morgan fingerprint density at radius 3 is 3.07 bits per heavy atom. The molecule has 5 heteroatoms. The lowest BCUT2D eigenvalue weighted by Crippen LogP contribution is -2.25. The number of unbranched alkanes of at least 4 members (excludes halogenated alkanes) is 2. The molecule has 0 aliphatic rings. The molecule has 1 aromatic heterocycles. The second-order valence-electron chi connectivity index (χ2n) is 3.49. The fraction of sp³-hybridized carbons (Fsp3) is 0.700. The van der Waals surface area contributed by atoms with Crippen LogP contribution in [0, 0.1) is 0 Å². The molecule has 84 valence electrons. The normalized spacial score (nSPS) is 10.2. The zero-order valence-electron chi connectivity index (χ0n) is 9.12. The largest absolute Gasteiger partial charge is 0.356 e. The predicted octanol–water partition coefficient (Wildman–Crippen LogP) is 1.04. The van der Waals surface area contributed by atoms with Crippen LogP contribution in [-0.2, 0) is 11.2 Å². The number of rotatable bonds is 7. The maximum Gasteiger partial charge on any atom is 0.220 e. The molecule has 0 spiro atoms. The van der Waals surface area contributed by atoms with Crippen LogP contribution in [0.3, 0.4) is 0 Å². The van der Waals surface area contributed by atoms with Crippen LogP contribution in [0.25, 0.3) is 0 Å². The molecular formula is C10H18N4O. The second kappa shape index (κ2) is 6.98. The van der Waals surface area contributed by atoms with E-state index in [0.29, 0.717) is 19.4 Å². The smallest absolute Gasteiger partial charge is 0.220 e. The third kappa shape index (κ3) is 5.15. The van der Waals surface area contributed by atoms with E-state index in [4.69, 9.17) is 0 Å². The van der Waals surface area contributed by atoms with Crippen molar-refractivity contribution in [1.29, 1.82) is 0 Å². The molecule has 0 atom stereocenters. The lowest BCUT2D eigenvalue weighted by atomic mass is 10.2. The van der Waals surface area contributed by atoms with Gasteiger partial charge in [0.15, 0.2) is 0 Å². The van der Waals surface area contributed by atoms with Crippen molar-refractivity contribution in [2.45, 2.75) is 39.0 Å². The molecule has 2 N–H and O–H groups in total. The maximum absolute atomic E-state index is 11.3. The molecule has 1 heterocycles. The predicted molar refractivity (Wildman–Crippen MR) is 57.2 cm³/mol. The summed E-state index contributed by atoms with van der Waals surface area (Å²) in [6, 6.07) is 0. The summed E-state index contributed by atoms with van der Waals surface area (Å²) in [5.74, 6) is 0.937. The van der Waals surface area contributed by atoms with Gasteiger partial charge in [0.1, 0.15) is 12.2 Å². The molecule has 0 aliphatic heterocycles. The van der Waals surface area contributed by atoms with Gasteiger partial charge in [-0.25, -0.2) is 4.98 Å². The Labute approximate surface area is 89.7 Å². The van der Waals surface area contributed by atoms with Gasteiger partial charge in [0.05, 0.1) is 0 Å². The van der Waals surface area contributed by atoms with Gasteiger partial charge in [-0.1, -0.05) is 19.8 Å². The Bertz CT molecular complexity index is 271. The summed E-state index contributed by atoms with van der Waals surface area (Å²) < 4.78 is 0. The van der Waals surface area contributed by atoms with Gasteiger partial charge in [-0.05, 0) is 6.42 Å². The van der Waals surface area contributed by atoms with Gasteiger partial charge in [-0.3, -0.25) is 9.89 Å². The van der Waals surface area contributed by atoms with E-state index in [1.165, 1.54) is 6.33 Å². The average molecular weight is 210 g/mol. The highest BCUT2D eigenvalue weighted by Crippen LogP contribution is 1.98. The number of amides is 1. The van der Waals surface area contributed by atoms with Crippen molar-refractivity contribution in [2.24, 2.45) is 0 Å². The SMILES string of the molecule is CCCCCC(=O)NCCc1ncn[nH]1. The van der Waals surface area contributed by atoms with Gasteiger partial charge < -0.3 is 5.32 Å². The molecule has 0 unspecified atom stereocenters. The highest BCUT2D eigenvalue weighted by Gasteiger charge is 2.00. The van der Waals surface area contributed by atoms with Gasteiger partial charge in [-0.2, -0.15) is 5.10 Å². The van der Waals surface area contributed by atoms with E-state index >= 15 is 0 Å². The van der Waals surface area contributed by atoms with Crippen LogP contribution in [0.1, 0.15) is 38.4 Å². The molecule has 5 nitrogen and oxygen atoms in total. The van der Waals surface area contributed by atoms with E-state index < -0.39 is 0 Å². The van der Waals surface area contributed by atoms with Crippen molar-refractivity contribution >= 4 is 5.91 Å². The Morgan fingerprint density at radius 2 is 2.40 bits per heavy atom. The van der Waals surface area contributed by atoms with Crippen molar-refractivity contribution < 1.29 is 4.79 Å². The van der Waals surface area contributed by atoms with Gasteiger partial charge in [0.25, 0.3) is 0 Å². The number of hydrogen-bond donors (Lipinski definition) is 2. The Kier molecular flexibility index (Phi) is 5.43. The molecule has 0 saturated carbocycles. The van der Waals surface area contributed by atoms with Crippen LogP contribution in [0.15, 0.2) is 6.33 Å². The van der Waals surface area contributed by atoms with Crippen molar-refractivity contribution in [3.63, 3.8) is 0 Å². The Hall–Kier alpha value is -1.39. The number of aromatic nitrogens is 3. The zero-order valence-corrected chi connectivity index (χ0v) is 9.12. The van der Waals surface area contributed by atoms with E-state index in [-0.39, 0.29) is 5.91 Å². The van der Waals surface area contributed by atoms with Crippen LogP contribution >= 0.6 is 0 Å². The number of carbonyl (C=O) groups excluding carboxylic acids is 1. The topological polar surface area (TPSA) is 70.7 Å². The van der Waals surface area contributed by atoms with E-state index in [9.17, 15) is 4.79 Å². The van der Waals surface area contributed by atoms with Crippen LogP contribution < -0.4 is 5.32 Å². The van der Waals surface area contributed by atoms with Crippen LogP contribution in [0.4, 0.5) is 0 Å². The summed E-state index contributed by atoms with van der Waals surface area (Å²) in [6.45, 7) is 2.75. The minimum Gasteiger partial charge on any atom is -0.356 e. The fourth-order valence-corrected chi connectivity index (χ4v) is 1.30. The highest BCUT2D eigenvalue weighted by molar-refractivity contribution is 5.75. The molecule has 0 saturated heterocycles. The van der Waals surface area contributed by atoms with E-state index in [1.54, 1.807) is 0 Å². The van der Waals surface area contributed by atoms with Gasteiger partial charge in [0.2, 0.25) is 5.91 Å².